The fourth-order valence-electron chi connectivity index (χ4n) is 2.08. The van der Waals surface area contributed by atoms with Crippen molar-refractivity contribution >= 4 is 15.7 Å². The van der Waals surface area contributed by atoms with Gasteiger partial charge < -0.3 is 5.73 Å². The molecule has 0 radical (unpaired) electrons. The average molecular weight is 304 g/mol. The number of rotatable bonds is 4. The van der Waals surface area contributed by atoms with Crippen LogP contribution in [0.25, 0.3) is 0 Å². The highest BCUT2D eigenvalue weighted by atomic mass is 32.2. The molecule has 3 N–H and O–H groups in total. The van der Waals surface area contributed by atoms with E-state index >= 15 is 0 Å². The van der Waals surface area contributed by atoms with Crippen molar-refractivity contribution in [1.29, 1.82) is 0 Å². The molecule has 0 fully saturated rings. The number of hydrogen-bond acceptors (Lipinski definition) is 3. The van der Waals surface area contributed by atoms with E-state index in [9.17, 15) is 8.42 Å². The molecule has 2 aromatic carbocycles. The van der Waals surface area contributed by atoms with Crippen LogP contribution in [-0.4, -0.2) is 8.42 Å². The maximum absolute atomic E-state index is 12.4. The van der Waals surface area contributed by atoms with Gasteiger partial charge in [0.1, 0.15) is 0 Å². The van der Waals surface area contributed by atoms with Gasteiger partial charge in [-0.2, -0.15) is 0 Å². The van der Waals surface area contributed by atoms with E-state index < -0.39 is 10.0 Å². The van der Waals surface area contributed by atoms with Crippen molar-refractivity contribution in [1.82, 2.24) is 4.72 Å². The van der Waals surface area contributed by atoms with E-state index in [0.717, 1.165) is 16.7 Å². The van der Waals surface area contributed by atoms with Crippen LogP contribution >= 0.6 is 0 Å². The van der Waals surface area contributed by atoms with Crippen LogP contribution < -0.4 is 10.5 Å². The van der Waals surface area contributed by atoms with Gasteiger partial charge in [-0.05, 0) is 61.7 Å². The van der Waals surface area contributed by atoms with Crippen molar-refractivity contribution < 1.29 is 8.42 Å². The summed E-state index contributed by atoms with van der Waals surface area (Å²) in [7, 11) is -3.55. The highest BCUT2D eigenvalue weighted by Gasteiger charge is 2.18. The van der Waals surface area contributed by atoms with Crippen molar-refractivity contribution in [2.45, 2.75) is 31.7 Å². The number of nitrogens with one attached hydrogen (secondary N) is 1. The predicted octanol–water partition coefficient (Wildman–Crippen LogP) is 2.93. The molecule has 0 saturated heterocycles. The molecular formula is C16H20N2O2S. The first-order valence-electron chi connectivity index (χ1n) is 6.74. The number of benzene rings is 2. The van der Waals surface area contributed by atoms with Gasteiger partial charge in [0.2, 0.25) is 10.0 Å². The molecule has 0 aliphatic heterocycles. The predicted molar refractivity (Wildman–Crippen MR) is 85.5 cm³/mol. The van der Waals surface area contributed by atoms with Crippen molar-refractivity contribution in [3.8, 4) is 0 Å². The Hall–Kier alpha value is -1.85. The summed E-state index contributed by atoms with van der Waals surface area (Å²) in [6, 6.07) is 12.0. The van der Waals surface area contributed by atoms with Gasteiger partial charge in [-0.15, -0.1) is 0 Å². The Labute approximate surface area is 126 Å². The van der Waals surface area contributed by atoms with Gasteiger partial charge in [0.05, 0.1) is 4.90 Å². The van der Waals surface area contributed by atoms with Crippen molar-refractivity contribution in [3.05, 3.63) is 59.2 Å². The smallest absolute Gasteiger partial charge is 0.241 e. The lowest BCUT2D eigenvalue weighted by molar-refractivity contribution is 0.567. The van der Waals surface area contributed by atoms with Crippen LogP contribution in [0, 0.1) is 13.8 Å². The fraction of sp³-hybridized carbons (Fsp3) is 0.250. The van der Waals surface area contributed by atoms with Gasteiger partial charge in [-0.3, -0.25) is 0 Å². The molecule has 2 aromatic rings. The summed E-state index contributed by atoms with van der Waals surface area (Å²) in [6.45, 7) is 5.65. The van der Waals surface area contributed by atoms with E-state index in [-0.39, 0.29) is 10.9 Å². The zero-order valence-corrected chi connectivity index (χ0v) is 13.2. The number of anilines is 1. The molecule has 0 aliphatic rings. The molecule has 0 heterocycles. The first-order chi connectivity index (χ1) is 9.79. The zero-order valence-electron chi connectivity index (χ0n) is 12.4. The summed E-state index contributed by atoms with van der Waals surface area (Å²) >= 11 is 0. The lowest BCUT2D eigenvalue weighted by Crippen LogP contribution is -2.27. The van der Waals surface area contributed by atoms with E-state index in [0.29, 0.717) is 5.69 Å². The summed E-state index contributed by atoms with van der Waals surface area (Å²) in [5.74, 6) is 0. The van der Waals surface area contributed by atoms with Gasteiger partial charge >= 0.3 is 0 Å². The van der Waals surface area contributed by atoms with Gasteiger partial charge in [0, 0.05) is 11.7 Å². The normalized spacial score (nSPS) is 13.1. The Morgan fingerprint density at radius 2 is 1.76 bits per heavy atom. The van der Waals surface area contributed by atoms with Gasteiger partial charge in [-0.1, -0.05) is 18.2 Å². The summed E-state index contributed by atoms with van der Waals surface area (Å²) in [4.78, 5) is 0.279. The minimum atomic E-state index is -3.55. The van der Waals surface area contributed by atoms with Gasteiger partial charge in [0.15, 0.2) is 0 Å². The van der Waals surface area contributed by atoms with Crippen molar-refractivity contribution in [3.63, 3.8) is 0 Å². The molecule has 0 bridgehead atoms. The van der Waals surface area contributed by atoms with Crippen LogP contribution in [-0.2, 0) is 10.0 Å². The zero-order chi connectivity index (χ0) is 15.6. The molecule has 4 nitrogen and oxygen atoms in total. The SMILES string of the molecule is Cc1ccc(S(=O)(=O)NC(C)c2cccc(N)c2)cc1C. The Kier molecular flexibility index (Phi) is 4.34. The molecule has 0 amide bonds. The van der Waals surface area contributed by atoms with Gasteiger partial charge in [0.25, 0.3) is 0 Å². The number of nitrogens with two attached hydrogens (primary N) is 1. The van der Waals surface area contributed by atoms with Gasteiger partial charge in [-0.25, -0.2) is 13.1 Å². The Balaban J connectivity index is 2.26. The number of sulfonamides is 1. The largest absolute Gasteiger partial charge is 0.399 e. The van der Waals surface area contributed by atoms with Crippen molar-refractivity contribution in [2.75, 3.05) is 5.73 Å². The molecule has 112 valence electrons. The van der Waals surface area contributed by atoms with E-state index in [2.05, 4.69) is 4.72 Å². The maximum atomic E-state index is 12.4. The lowest BCUT2D eigenvalue weighted by Gasteiger charge is -2.15. The second kappa shape index (κ2) is 5.87. The molecule has 0 aromatic heterocycles. The van der Waals surface area contributed by atoms with E-state index in [1.807, 2.05) is 32.0 Å². The molecular weight excluding hydrogens is 284 g/mol. The summed E-state index contributed by atoms with van der Waals surface area (Å²) < 4.78 is 27.5. The third kappa shape index (κ3) is 3.62. The number of hydrogen-bond donors (Lipinski definition) is 2. The molecule has 5 heteroatoms. The van der Waals surface area contributed by atoms with E-state index in [1.54, 1.807) is 31.2 Å². The van der Waals surface area contributed by atoms with Crippen LogP contribution in [0.2, 0.25) is 0 Å². The third-order valence-corrected chi connectivity index (χ3v) is 5.07. The molecule has 0 aliphatic carbocycles. The van der Waals surface area contributed by atoms with Crippen LogP contribution in [0.15, 0.2) is 47.4 Å². The monoisotopic (exact) mass is 304 g/mol. The molecule has 2 rings (SSSR count). The van der Waals surface area contributed by atoms with Crippen molar-refractivity contribution in [2.24, 2.45) is 0 Å². The molecule has 1 unspecified atom stereocenters. The molecule has 21 heavy (non-hydrogen) atoms. The highest BCUT2D eigenvalue weighted by molar-refractivity contribution is 7.89. The fourth-order valence-corrected chi connectivity index (χ4v) is 3.39. The topological polar surface area (TPSA) is 72.2 Å². The second-order valence-corrected chi connectivity index (χ2v) is 6.97. The van der Waals surface area contributed by atoms with E-state index in [1.165, 1.54) is 0 Å². The second-order valence-electron chi connectivity index (χ2n) is 5.26. The standard InChI is InChI=1S/C16H20N2O2S/c1-11-7-8-16(9-12(11)2)21(19,20)18-13(3)14-5-4-6-15(17)10-14/h4-10,13,18H,17H2,1-3H3. The van der Waals surface area contributed by atoms with Crippen LogP contribution in [0.1, 0.15) is 29.7 Å². The first-order valence-corrected chi connectivity index (χ1v) is 8.23. The Morgan fingerprint density at radius 1 is 1.05 bits per heavy atom. The summed E-state index contributed by atoms with van der Waals surface area (Å²) in [5.41, 5.74) is 9.20. The first kappa shape index (κ1) is 15.5. The van der Waals surface area contributed by atoms with Crippen LogP contribution in [0.4, 0.5) is 5.69 Å². The number of nitrogen functional groups attached to an aromatic ring is 1. The van der Waals surface area contributed by atoms with Crippen LogP contribution in [0.5, 0.6) is 0 Å². The Morgan fingerprint density at radius 3 is 2.38 bits per heavy atom. The summed E-state index contributed by atoms with van der Waals surface area (Å²) in [5, 5.41) is 0. The lowest BCUT2D eigenvalue weighted by atomic mass is 10.1. The molecule has 0 spiro atoms. The molecule has 0 saturated carbocycles. The Bertz CT molecular complexity index is 755. The third-order valence-electron chi connectivity index (χ3n) is 3.53. The average Bonchev–Trinajstić information content (AvgIpc) is 2.41. The quantitative estimate of drug-likeness (QED) is 0.853. The number of aryl methyl sites for hydroxylation is 2. The summed E-state index contributed by atoms with van der Waals surface area (Å²) in [6.07, 6.45) is 0. The van der Waals surface area contributed by atoms with E-state index in [4.69, 9.17) is 5.73 Å². The maximum Gasteiger partial charge on any atom is 0.241 e. The minimum absolute atomic E-state index is 0.279. The van der Waals surface area contributed by atoms with Crippen LogP contribution in [0.3, 0.4) is 0 Å². The molecule has 1 atom stereocenters. The highest BCUT2D eigenvalue weighted by Crippen LogP contribution is 2.20. The minimum Gasteiger partial charge on any atom is -0.399 e.